The lowest BCUT2D eigenvalue weighted by molar-refractivity contribution is -0.378. The zero-order chi connectivity index (χ0) is 27.2. The summed E-state index contributed by atoms with van der Waals surface area (Å²) in [5, 5.41) is 74.3. The van der Waals surface area contributed by atoms with Crippen molar-refractivity contribution < 1.29 is 59.4 Å². The van der Waals surface area contributed by atoms with Crippen LogP contribution in [0.5, 0.6) is 0 Å². The number of hydrogen-bond acceptors (Lipinski definition) is 16. The molecule has 4 aliphatic rings. The van der Waals surface area contributed by atoms with E-state index in [1.807, 2.05) is 0 Å². The molecule has 3 saturated heterocycles. The van der Waals surface area contributed by atoms with Gasteiger partial charge in [0.05, 0.1) is 30.9 Å². The first kappa shape index (κ1) is 29.3. The molecule has 0 aromatic heterocycles. The molecule has 2 unspecified atom stereocenters. The van der Waals surface area contributed by atoms with E-state index in [1.165, 1.54) is 7.05 Å². The topological polar surface area (TPSA) is 278 Å². The third kappa shape index (κ3) is 5.66. The highest BCUT2D eigenvalue weighted by Gasteiger charge is 2.54. The van der Waals surface area contributed by atoms with Crippen molar-refractivity contribution in [3.05, 3.63) is 0 Å². The second-order valence-electron chi connectivity index (χ2n) is 10.2. The maximum Gasteiger partial charge on any atom is 0.189 e. The van der Waals surface area contributed by atoms with Gasteiger partial charge in [-0.1, -0.05) is 0 Å². The molecule has 1 aliphatic carbocycles. The Morgan fingerprint density at radius 2 is 1.41 bits per heavy atom. The molecule has 0 spiro atoms. The standard InChI is InChI=1S/C21H40N4O12/c1-25-10-13(29)18-8(33-20(10)37-21-16(32)14(30)12(28)9(4-26)34-21)3-7(24)19(36-18)35-17-6(23)2-5(22)11(27)15(17)31/h5-21,25-32H,2-4,22-24H2,1H3/t5-,6+,7-,8?,9-,10+,11+,12-,13-,14+,15-,16-,17-,18?,19+,20-,21-/m1/s1. The van der Waals surface area contributed by atoms with E-state index in [-0.39, 0.29) is 12.8 Å². The van der Waals surface area contributed by atoms with Crippen molar-refractivity contribution in [3.8, 4) is 0 Å². The summed E-state index contributed by atoms with van der Waals surface area (Å²) in [4.78, 5) is 0. The van der Waals surface area contributed by atoms with Gasteiger partial charge in [-0.25, -0.2) is 0 Å². The minimum absolute atomic E-state index is 0.136. The normalized spacial score (nSPS) is 55.1. The Bertz CT molecular complexity index is 754. The summed E-state index contributed by atoms with van der Waals surface area (Å²) in [6.07, 6.45) is -16.1. The largest absolute Gasteiger partial charge is 0.394 e. The fraction of sp³-hybridized carbons (Fsp3) is 1.00. The van der Waals surface area contributed by atoms with Gasteiger partial charge in [0.15, 0.2) is 18.9 Å². The van der Waals surface area contributed by atoms with E-state index in [0.717, 1.165) is 0 Å². The van der Waals surface area contributed by atoms with Gasteiger partial charge in [0.25, 0.3) is 0 Å². The summed E-state index contributed by atoms with van der Waals surface area (Å²) in [6.45, 7) is -0.633. The zero-order valence-corrected chi connectivity index (χ0v) is 20.3. The number of aliphatic hydroxyl groups is 7. The molecule has 1 saturated carbocycles. The third-order valence-corrected chi connectivity index (χ3v) is 7.65. The molecule has 0 radical (unpaired) electrons. The van der Waals surface area contributed by atoms with Gasteiger partial charge in [-0.05, 0) is 19.9 Å². The highest BCUT2D eigenvalue weighted by molar-refractivity contribution is 5.01. The van der Waals surface area contributed by atoms with Crippen LogP contribution in [0.4, 0.5) is 0 Å². The summed E-state index contributed by atoms with van der Waals surface area (Å²) >= 11 is 0. The summed E-state index contributed by atoms with van der Waals surface area (Å²) in [7, 11) is 1.53. The van der Waals surface area contributed by atoms with Gasteiger partial charge >= 0.3 is 0 Å². The van der Waals surface area contributed by atoms with Crippen molar-refractivity contribution in [1.29, 1.82) is 0 Å². The SMILES string of the molecule is CN[C@@H]1[C@@H](O[C@H]2O[C@H](CO)[C@@H](O)[C@H](O)[C@H]2O)OC2C[C@@H](N)[C@@H](O[C@H]3[C@H](O)[C@@H](O)[C@H](N)C[C@@H]3N)OC2[C@@H]1O. The van der Waals surface area contributed by atoms with Gasteiger partial charge in [-0.3, -0.25) is 0 Å². The van der Waals surface area contributed by atoms with E-state index < -0.39 is 111 Å². The van der Waals surface area contributed by atoms with Gasteiger partial charge < -0.3 is 81.9 Å². The van der Waals surface area contributed by atoms with Crippen LogP contribution in [-0.4, -0.2) is 153 Å². The first-order valence-electron chi connectivity index (χ1n) is 12.4. The summed E-state index contributed by atoms with van der Waals surface area (Å²) in [6, 6.07) is -3.08. The number of nitrogens with two attached hydrogens (primary N) is 3. The molecule has 4 rings (SSSR count). The predicted octanol–water partition coefficient (Wildman–Crippen LogP) is -6.92. The summed E-state index contributed by atoms with van der Waals surface area (Å²) in [5.41, 5.74) is 18.2. The molecular weight excluding hydrogens is 500 g/mol. The van der Waals surface area contributed by atoms with Crippen LogP contribution in [0.1, 0.15) is 12.8 Å². The molecule has 0 bridgehead atoms. The molecule has 3 heterocycles. The third-order valence-electron chi connectivity index (χ3n) is 7.65. The quantitative estimate of drug-likeness (QED) is 0.149. The van der Waals surface area contributed by atoms with E-state index in [2.05, 4.69) is 5.32 Å². The maximum atomic E-state index is 11.1. The average Bonchev–Trinajstić information content (AvgIpc) is 2.86. The molecule has 0 amide bonds. The highest BCUT2D eigenvalue weighted by Crippen LogP contribution is 2.35. The van der Waals surface area contributed by atoms with E-state index in [0.29, 0.717) is 0 Å². The molecule has 16 heteroatoms. The number of nitrogens with one attached hydrogen (secondary N) is 1. The second-order valence-corrected chi connectivity index (χ2v) is 10.2. The van der Waals surface area contributed by atoms with Crippen molar-refractivity contribution in [2.24, 2.45) is 17.2 Å². The summed E-state index contributed by atoms with van der Waals surface area (Å²) in [5.74, 6) is 0. The lowest BCUT2D eigenvalue weighted by Gasteiger charge is -2.51. The lowest BCUT2D eigenvalue weighted by atomic mass is 9.84. The molecule has 0 aromatic carbocycles. The molecule has 216 valence electrons. The maximum absolute atomic E-state index is 11.1. The molecule has 17 atom stereocenters. The van der Waals surface area contributed by atoms with Crippen LogP contribution in [0.2, 0.25) is 0 Å². The van der Waals surface area contributed by atoms with Crippen molar-refractivity contribution >= 4 is 0 Å². The van der Waals surface area contributed by atoms with E-state index in [9.17, 15) is 35.7 Å². The first-order valence-corrected chi connectivity index (χ1v) is 12.4. The minimum Gasteiger partial charge on any atom is -0.394 e. The van der Waals surface area contributed by atoms with Crippen molar-refractivity contribution in [3.63, 3.8) is 0 Å². The van der Waals surface area contributed by atoms with E-state index in [1.54, 1.807) is 0 Å². The lowest BCUT2D eigenvalue weighted by Crippen LogP contribution is -2.70. The summed E-state index contributed by atoms with van der Waals surface area (Å²) < 4.78 is 29.0. The van der Waals surface area contributed by atoms with Crippen LogP contribution in [0.3, 0.4) is 0 Å². The van der Waals surface area contributed by atoms with Gasteiger partial charge in [0.1, 0.15) is 48.8 Å². The number of likely N-dealkylation sites (N-methyl/N-ethyl adjacent to an activating group) is 1. The molecule has 37 heavy (non-hydrogen) atoms. The monoisotopic (exact) mass is 540 g/mol. The molecular formula is C21H40N4O12. The van der Waals surface area contributed by atoms with Crippen LogP contribution in [0, 0.1) is 0 Å². The van der Waals surface area contributed by atoms with Crippen LogP contribution < -0.4 is 22.5 Å². The number of fused-ring (bicyclic) bond motifs is 1. The van der Waals surface area contributed by atoms with Crippen LogP contribution in [0.25, 0.3) is 0 Å². The van der Waals surface area contributed by atoms with Crippen molar-refractivity contribution in [2.75, 3.05) is 13.7 Å². The smallest absolute Gasteiger partial charge is 0.189 e. The van der Waals surface area contributed by atoms with Crippen LogP contribution in [0.15, 0.2) is 0 Å². The van der Waals surface area contributed by atoms with Crippen LogP contribution >= 0.6 is 0 Å². The van der Waals surface area contributed by atoms with Gasteiger partial charge in [-0.15, -0.1) is 0 Å². The van der Waals surface area contributed by atoms with E-state index in [4.69, 9.17) is 40.9 Å². The second kappa shape index (κ2) is 11.8. The fourth-order valence-corrected chi connectivity index (χ4v) is 5.41. The Morgan fingerprint density at radius 3 is 2.05 bits per heavy atom. The Labute approximate surface area is 213 Å². The number of hydrogen-bond donors (Lipinski definition) is 11. The van der Waals surface area contributed by atoms with Gasteiger partial charge in [0.2, 0.25) is 0 Å². The zero-order valence-electron chi connectivity index (χ0n) is 20.3. The molecule has 4 fully saturated rings. The Kier molecular flexibility index (Phi) is 9.40. The molecule has 14 N–H and O–H groups in total. The number of ether oxygens (including phenoxy) is 5. The van der Waals surface area contributed by atoms with Gasteiger partial charge in [0, 0.05) is 12.1 Å². The number of rotatable bonds is 6. The number of aliphatic hydroxyl groups excluding tert-OH is 7. The van der Waals surface area contributed by atoms with Gasteiger partial charge in [-0.2, -0.15) is 0 Å². The molecule has 0 aromatic rings. The minimum atomic E-state index is -1.66. The molecule has 3 aliphatic heterocycles. The average molecular weight is 541 g/mol. The predicted molar refractivity (Wildman–Crippen MR) is 121 cm³/mol. The van der Waals surface area contributed by atoms with Crippen molar-refractivity contribution in [1.82, 2.24) is 5.32 Å². The van der Waals surface area contributed by atoms with E-state index >= 15 is 0 Å². The van der Waals surface area contributed by atoms with Crippen LogP contribution in [-0.2, 0) is 23.7 Å². The first-order chi connectivity index (χ1) is 17.5. The molecule has 16 nitrogen and oxygen atoms in total. The fourth-order valence-electron chi connectivity index (χ4n) is 5.41. The Hall–Kier alpha value is -0.640. The highest BCUT2D eigenvalue weighted by atomic mass is 16.8. The Balaban J connectivity index is 1.43. The van der Waals surface area contributed by atoms with Crippen molar-refractivity contribution in [2.45, 2.75) is 117 Å². The Morgan fingerprint density at radius 1 is 0.703 bits per heavy atom.